The molecular weight excluding hydrogens is 396 g/mol. The van der Waals surface area contributed by atoms with Gasteiger partial charge >= 0.3 is 0 Å². The summed E-state index contributed by atoms with van der Waals surface area (Å²) >= 11 is 0. The van der Waals surface area contributed by atoms with Gasteiger partial charge in [-0.15, -0.1) is 0 Å². The Morgan fingerprint density at radius 3 is 2.56 bits per heavy atom. The topological polar surface area (TPSA) is 56.7 Å². The van der Waals surface area contributed by atoms with Crippen molar-refractivity contribution >= 4 is 11.9 Å². The molecule has 170 valence electrons. The number of benzene rings is 2. The van der Waals surface area contributed by atoms with Gasteiger partial charge in [0.15, 0.2) is 5.96 Å². The van der Waals surface area contributed by atoms with Crippen molar-refractivity contribution in [1.82, 2.24) is 15.5 Å². The minimum Gasteiger partial charge on any atom is -0.357 e. The van der Waals surface area contributed by atoms with Crippen molar-refractivity contribution in [1.29, 1.82) is 0 Å². The fourth-order valence-corrected chi connectivity index (χ4v) is 4.76. The lowest BCUT2D eigenvalue weighted by Crippen LogP contribution is -2.41. The zero-order chi connectivity index (χ0) is 22.4. The van der Waals surface area contributed by atoms with Crippen LogP contribution < -0.4 is 10.6 Å². The monoisotopic (exact) mass is 432 g/mol. The lowest BCUT2D eigenvalue weighted by molar-refractivity contribution is -0.127. The molecule has 2 fully saturated rings. The number of carbonyl (C=O) groups excluding carboxylic acids is 1. The number of aryl methyl sites for hydroxylation is 1. The smallest absolute Gasteiger partial charge is 0.223 e. The molecule has 2 aromatic carbocycles. The van der Waals surface area contributed by atoms with Gasteiger partial charge in [0.05, 0.1) is 6.54 Å². The maximum atomic E-state index is 12.5. The van der Waals surface area contributed by atoms with Gasteiger partial charge in [0.1, 0.15) is 0 Å². The number of aliphatic imine (C=N–C) groups is 1. The van der Waals surface area contributed by atoms with Crippen LogP contribution in [-0.2, 0) is 16.6 Å². The van der Waals surface area contributed by atoms with Crippen molar-refractivity contribution in [2.75, 3.05) is 32.7 Å². The van der Waals surface area contributed by atoms with Crippen LogP contribution in [0.3, 0.4) is 0 Å². The molecule has 32 heavy (non-hydrogen) atoms. The van der Waals surface area contributed by atoms with Crippen molar-refractivity contribution in [3.8, 4) is 0 Å². The Morgan fingerprint density at radius 2 is 1.84 bits per heavy atom. The highest BCUT2D eigenvalue weighted by atomic mass is 16.2. The van der Waals surface area contributed by atoms with Gasteiger partial charge in [-0.1, -0.05) is 54.6 Å². The maximum absolute atomic E-state index is 12.5. The summed E-state index contributed by atoms with van der Waals surface area (Å²) in [5.74, 6) is 1.46. The van der Waals surface area contributed by atoms with Gasteiger partial charge in [-0.25, -0.2) is 0 Å². The molecule has 5 nitrogen and oxygen atoms in total. The molecule has 0 radical (unpaired) electrons. The highest BCUT2D eigenvalue weighted by molar-refractivity contribution is 5.81. The zero-order valence-electron chi connectivity index (χ0n) is 19.4. The van der Waals surface area contributed by atoms with Gasteiger partial charge in [-0.2, -0.15) is 0 Å². The van der Waals surface area contributed by atoms with Gasteiger partial charge in [0.25, 0.3) is 0 Å². The summed E-state index contributed by atoms with van der Waals surface area (Å²) in [6.07, 6.45) is 3.94. The van der Waals surface area contributed by atoms with E-state index in [0.717, 1.165) is 45.1 Å². The SMILES string of the molecule is CCNC(=NCC1(c2ccccc2C)CC1)NCC1CC(=O)N(CCc2ccccc2)C1. The second-order valence-corrected chi connectivity index (χ2v) is 9.32. The third kappa shape index (κ3) is 5.50. The highest BCUT2D eigenvalue weighted by Gasteiger charge is 2.44. The van der Waals surface area contributed by atoms with Crippen LogP contribution in [0, 0.1) is 12.8 Å². The Hall–Kier alpha value is -2.82. The molecule has 1 heterocycles. The Morgan fingerprint density at radius 1 is 1.09 bits per heavy atom. The molecule has 1 saturated carbocycles. The van der Waals surface area contributed by atoms with Crippen molar-refractivity contribution in [3.05, 3.63) is 71.3 Å². The van der Waals surface area contributed by atoms with Gasteiger partial charge in [0.2, 0.25) is 5.91 Å². The summed E-state index contributed by atoms with van der Waals surface area (Å²) in [6, 6.07) is 19.1. The van der Waals surface area contributed by atoms with Crippen LogP contribution in [-0.4, -0.2) is 49.5 Å². The van der Waals surface area contributed by atoms with Gasteiger partial charge in [-0.3, -0.25) is 9.79 Å². The minimum absolute atomic E-state index is 0.200. The number of hydrogen-bond donors (Lipinski definition) is 2. The maximum Gasteiger partial charge on any atom is 0.223 e. The number of amides is 1. The van der Waals surface area contributed by atoms with Crippen LogP contribution in [0.4, 0.5) is 0 Å². The number of nitrogens with zero attached hydrogens (tertiary/aromatic N) is 2. The van der Waals surface area contributed by atoms with E-state index in [4.69, 9.17) is 4.99 Å². The number of hydrogen-bond acceptors (Lipinski definition) is 2. The molecule has 2 aromatic rings. The molecule has 5 heteroatoms. The van der Waals surface area contributed by atoms with Gasteiger partial charge in [-0.05, 0) is 49.8 Å². The summed E-state index contributed by atoms with van der Waals surface area (Å²) in [6.45, 7) is 8.32. The van der Waals surface area contributed by atoms with E-state index in [-0.39, 0.29) is 11.3 Å². The Balaban J connectivity index is 1.29. The first kappa shape index (κ1) is 22.4. The number of likely N-dealkylation sites (tertiary alicyclic amines) is 1. The third-order valence-corrected chi connectivity index (χ3v) is 6.82. The normalized spacial score (nSPS) is 19.8. The van der Waals surface area contributed by atoms with E-state index in [0.29, 0.717) is 12.3 Å². The molecule has 0 bridgehead atoms. The summed E-state index contributed by atoms with van der Waals surface area (Å²) in [5.41, 5.74) is 4.28. The van der Waals surface area contributed by atoms with Crippen molar-refractivity contribution in [3.63, 3.8) is 0 Å². The van der Waals surface area contributed by atoms with E-state index < -0.39 is 0 Å². The van der Waals surface area contributed by atoms with Crippen LogP contribution in [0.2, 0.25) is 0 Å². The number of rotatable bonds is 9. The summed E-state index contributed by atoms with van der Waals surface area (Å²) in [5, 5.41) is 6.89. The molecule has 4 rings (SSSR count). The lowest BCUT2D eigenvalue weighted by atomic mass is 9.92. The molecule has 0 aromatic heterocycles. The first-order valence-electron chi connectivity index (χ1n) is 12.0. The van der Waals surface area contributed by atoms with Gasteiger partial charge < -0.3 is 15.5 Å². The first-order chi connectivity index (χ1) is 15.6. The summed E-state index contributed by atoms with van der Waals surface area (Å²) in [4.78, 5) is 19.4. The van der Waals surface area contributed by atoms with E-state index in [2.05, 4.69) is 73.0 Å². The summed E-state index contributed by atoms with van der Waals surface area (Å²) in [7, 11) is 0. The number of guanidine groups is 1. The predicted octanol–water partition coefficient (Wildman–Crippen LogP) is 3.67. The molecule has 1 aliphatic heterocycles. The molecule has 1 atom stereocenters. The van der Waals surface area contributed by atoms with E-state index in [1.807, 2.05) is 11.0 Å². The molecule has 1 amide bonds. The fourth-order valence-electron chi connectivity index (χ4n) is 4.76. The average Bonchev–Trinajstić information content (AvgIpc) is 3.51. The second kappa shape index (κ2) is 10.2. The molecule has 2 N–H and O–H groups in total. The van der Waals surface area contributed by atoms with Crippen molar-refractivity contribution in [2.45, 2.75) is 44.9 Å². The van der Waals surface area contributed by atoms with Crippen LogP contribution in [0.1, 0.15) is 42.9 Å². The summed E-state index contributed by atoms with van der Waals surface area (Å²) < 4.78 is 0. The van der Waals surface area contributed by atoms with Crippen LogP contribution in [0.25, 0.3) is 0 Å². The minimum atomic E-state index is 0.200. The highest BCUT2D eigenvalue weighted by Crippen LogP contribution is 2.49. The standard InChI is InChI=1S/C27H36N4O/c1-3-28-26(30-20-27(14-15-27)24-12-8-7-9-21(24)2)29-18-23-17-25(32)31(19-23)16-13-22-10-5-4-6-11-22/h4-12,23H,3,13-20H2,1-2H3,(H2,28,29,30). The van der Waals surface area contributed by atoms with Crippen molar-refractivity contribution < 1.29 is 4.79 Å². The molecule has 1 unspecified atom stereocenters. The second-order valence-electron chi connectivity index (χ2n) is 9.32. The predicted molar refractivity (Wildman–Crippen MR) is 131 cm³/mol. The molecule has 1 saturated heterocycles. The van der Waals surface area contributed by atoms with Crippen LogP contribution in [0.5, 0.6) is 0 Å². The quantitative estimate of drug-likeness (QED) is 0.470. The van der Waals surface area contributed by atoms with Crippen LogP contribution >= 0.6 is 0 Å². The largest absolute Gasteiger partial charge is 0.357 e. The average molecular weight is 433 g/mol. The van der Waals surface area contributed by atoms with Crippen molar-refractivity contribution in [2.24, 2.45) is 10.9 Å². The van der Waals surface area contributed by atoms with E-state index in [9.17, 15) is 4.79 Å². The third-order valence-electron chi connectivity index (χ3n) is 6.82. The molecular formula is C27H36N4O. The Labute approximate surface area is 192 Å². The lowest BCUT2D eigenvalue weighted by Gasteiger charge is -2.19. The van der Waals surface area contributed by atoms with E-state index in [1.165, 1.54) is 29.5 Å². The van der Waals surface area contributed by atoms with Gasteiger partial charge in [0, 0.05) is 43.9 Å². The molecule has 2 aliphatic rings. The number of carbonyl (C=O) groups is 1. The number of nitrogens with one attached hydrogen (secondary N) is 2. The zero-order valence-corrected chi connectivity index (χ0v) is 19.4. The van der Waals surface area contributed by atoms with Crippen LogP contribution in [0.15, 0.2) is 59.6 Å². The Kier molecular flexibility index (Phi) is 7.13. The first-order valence-corrected chi connectivity index (χ1v) is 12.0. The Bertz CT molecular complexity index is 936. The molecule has 0 spiro atoms. The molecule has 1 aliphatic carbocycles. The van der Waals surface area contributed by atoms with E-state index >= 15 is 0 Å². The van der Waals surface area contributed by atoms with E-state index in [1.54, 1.807) is 0 Å². The fraction of sp³-hybridized carbons (Fsp3) is 0.481.